The van der Waals surface area contributed by atoms with E-state index in [0.717, 1.165) is 57.8 Å². The van der Waals surface area contributed by atoms with Crippen LogP contribution in [-0.4, -0.2) is 42.5 Å². The maximum atomic E-state index is 12.8. The molecule has 0 spiro atoms. The number of hydrogen-bond acceptors (Lipinski definition) is 9. The minimum atomic E-state index is -4.27. The Morgan fingerprint density at radius 3 is 0.633 bits per heavy atom. The van der Waals surface area contributed by atoms with Gasteiger partial charge in [0.15, 0.2) is 0 Å². The number of hydrogen-bond donors (Lipinski definition) is 0. The highest BCUT2D eigenvalue weighted by Gasteiger charge is 2.33. The van der Waals surface area contributed by atoms with Crippen molar-refractivity contribution in [2.75, 3.05) is 17.3 Å². The van der Waals surface area contributed by atoms with E-state index in [1.54, 1.807) is 0 Å². The minimum Gasteiger partial charge on any atom is -0.199 e. The molecule has 0 N–H and O–H groups in total. The van der Waals surface area contributed by atoms with Crippen molar-refractivity contribution in [1.82, 2.24) is 0 Å². The summed E-state index contributed by atoms with van der Waals surface area (Å²) in [7, 11) is -16.0. The predicted octanol–water partition coefficient (Wildman–Crippen LogP) is 12.0. The Balaban J connectivity index is 4.85. The molecular weight excluding hydrogens is 704 g/mol. The van der Waals surface area contributed by atoms with Gasteiger partial charge in [0.25, 0.3) is 30.4 Å². The lowest BCUT2D eigenvalue weighted by molar-refractivity contribution is 0.377. The molecule has 296 valence electrons. The van der Waals surface area contributed by atoms with Gasteiger partial charge in [0.2, 0.25) is 0 Å². The molecule has 0 radical (unpaired) electrons. The van der Waals surface area contributed by atoms with Crippen LogP contribution in [0.3, 0.4) is 0 Å². The van der Waals surface area contributed by atoms with Crippen LogP contribution in [0.1, 0.15) is 213 Å². The van der Waals surface area contributed by atoms with Crippen molar-refractivity contribution in [2.45, 2.75) is 213 Å². The second kappa shape index (κ2) is 32.8. The fourth-order valence-electron chi connectivity index (χ4n) is 5.73. The van der Waals surface area contributed by atoms with Crippen LogP contribution in [0, 0.1) is 0 Å². The molecule has 9 nitrogen and oxygen atoms in total. The monoisotopic (exact) mass is 778 g/mol. The van der Waals surface area contributed by atoms with Gasteiger partial charge in [-0.05, 0) is 19.3 Å². The van der Waals surface area contributed by atoms with Crippen LogP contribution in [0.5, 0.6) is 0 Å². The smallest absolute Gasteiger partial charge is 0.199 e. The highest BCUT2D eigenvalue weighted by atomic mass is 32.3. The van der Waals surface area contributed by atoms with Gasteiger partial charge in [0.05, 0.1) is 17.3 Å². The van der Waals surface area contributed by atoms with Gasteiger partial charge >= 0.3 is 8.60 Å². The second-order valence-corrected chi connectivity index (χ2v) is 20.6. The first-order valence-electron chi connectivity index (χ1n) is 20.0. The van der Waals surface area contributed by atoms with Gasteiger partial charge in [-0.1, -0.05) is 194 Å². The fourth-order valence-corrected chi connectivity index (χ4v) is 11.5. The Hall–Kier alpha value is 0.160. The van der Waals surface area contributed by atoms with Crippen LogP contribution >= 0.6 is 8.60 Å². The Morgan fingerprint density at radius 1 is 0.286 bits per heavy atom. The fraction of sp³-hybridized carbons (Fsp3) is 1.00. The van der Waals surface area contributed by atoms with Crippen LogP contribution in [0.4, 0.5) is 0 Å². The number of rotatable bonds is 39. The van der Waals surface area contributed by atoms with Crippen LogP contribution in [0.25, 0.3) is 0 Å². The first-order valence-corrected chi connectivity index (χ1v) is 25.9. The van der Waals surface area contributed by atoms with Crippen molar-refractivity contribution in [3.05, 3.63) is 0 Å². The molecule has 0 aromatic heterocycles. The molecular formula is C36H75O9PS3. The average Bonchev–Trinajstić information content (AvgIpc) is 3.03. The van der Waals surface area contributed by atoms with Crippen molar-refractivity contribution in [3.8, 4) is 0 Å². The molecule has 0 atom stereocenters. The third-order valence-electron chi connectivity index (χ3n) is 8.77. The number of unbranched alkanes of at least 4 members (excludes halogenated alkanes) is 27. The van der Waals surface area contributed by atoms with Crippen LogP contribution in [0.2, 0.25) is 0 Å². The van der Waals surface area contributed by atoms with Crippen molar-refractivity contribution in [3.63, 3.8) is 0 Å². The second-order valence-electron chi connectivity index (χ2n) is 13.8. The first kappa shape index (κ1) is 49.2. The maximum absolute atomic E-state index is 12.8. The highest BCUT2D eigenvalue weighted by molar-refractivity contribution is 7.96. The normalized spacial score (nSPS) is 12.7. The summed E-state index contributed by atoms with van der Waals surface area (Å²) >= 11 is 0. The molecule has 0 aromatic rings. The van der Waals surface area contributed by atoms with Gasteiger partial charge in [-0.25, -0.2) is 0 Å². The van der Waals surface area contributed by atoms with E-state index in [-0.39, 0.29) is 17.3 Å². The van der Waals surface area contributed by atoms with Crippen molar-refractivity contribution < 1.29 is 37.2 Å². The van der Waals surface area contributed by atoms with Gasteiger partial charge in [0.1, 0.15) is 0 Å². The third kappa shape index (κ3) is 35.0. The van der Waals surface area contributed by atoms with E-state index in [9.17, 15) is 25.3 Å². The van der Waals surface area contributed by atoms with Gasteiger partial charge in [-0.3, -0.25) is 0 Å². The SMILES string of the molecule is CCCCCCCCCCCCS(=O)(=O)OP(OS(=O)(=O)CCCCCCCCCCCC)OS(=O)(=O)CCCCCCCCCCCC. The van der Waals surface area contributed by atoms with E-state index in [4.69, 9.17) is 11.9 Å². The summed E-state index contributed by atoms with van der Waals surface area (Å²) in [5.74, 6) is -1.07. The molecule has 0 bridgehead atoms. The Morgan fingerprint density at radius 2 is 0.449 bits per heavy atom. The standard InChI is InChI=1S/C36H75O9PS3/c1-4-7-10-13-16-19-22-25-28-31-34-47(37,38)43-46(44-48(39,40)35-32-29-26-23-20-17-14-11-8-5-2)45-49(41,42)36-33-30-27-24-21-18-15-12-9-6-3/h4-36H2,1-3H3. The van der Waals surface area contributed by atoms with E-state index in [0.29, 0.717) is 38.5 Å². The Labute approximate surface area is 305 Å². The van der Waals surface area contributed by atoms with Gasteiger partial charge in [-0.15, -0.1) is 0 Å². The average molecular weight is 779 g/mol. The molecule has 0 amide bonds. The largest absolute Gasteiger partial charge is 0.380 e. The maximum Gasteiger partial charge on any atom is 0.380 e. The zero-order chi connectivity index (χ0) is 36.5. The summed E-state index contributed by atoms with van der Waals surface area (Å²) in [5.41, 5.74) is 0. The molecule has 0 aliphatic rings. The summed E-state index contributed by atoms with van der Waals surface area (Å²) in [5, 5.41) is 0. The van der Waals surface area contributed by atoms with Gasteiger partial charge in [-0.2, -0.15) is 37.2 Å². The molecule has 49 heavy (non-hydrogen) atoms. The molecule has 0 saturated carbocycles. The third-order valence-corrected chi connectivity index (χ3v) is 15.3. The molecule has 0 fully saturated rings. The lowest BCUT2D eigenvalue weighted by atomic mass is 10.1. The van der Waals surface area contributed by atoms with E-state index < -0.39 is 39.0 Å². The topological polar surface area (TPSA) is 130 Å². The molecule has 0 heterocycles. The van der Waals surface area contributed by atoms with Crippen molar-refractivity contribution in [1.29, 1.82) is 0 Å². The summed E-state index contributed by atoms with van der Waals surface area (Å²) < 4.78 is 91.8. The molecule has 0 rings (SSSR count). The Bertz CT molecular complexity index is 918. The Kier molecular flexibility index (Phi) is 32.9. The van der Waals surface area contributed by atoms with Gasteiger partial charge < -0.3 is 0 Å². The minimum absolute atomic E-state index is 0.331. The predicted molar refractivity (Wildman–Crippen MR) is 207 cm³/mol. The van der Waals surface area contributed by atoms with Crippen molar-refractivity contribution in [2.24, 2.45) is 0 Å². The molecule has 0 unspecified atom stereocenters. The van der Waals surface area contributed by atoms with E-state index in [2.05, 4.69) is 20.8 Å². The molecule has 0 aliphatic carbocycles. The summed E-state index contributed by atoms with van der Waals surface area (Å²) in [6, 6.07) is 0. The highest BCUT2D eigenvalue weighted by Crippen LogP contribution is 2.46. The summed E-state index contributed by atoms with van der Waals surface area (Å²) in [6.07, 6.45) is 30.6. The lowest BCUT2D eigenvalue weighted by Gasteiger charge is -2.16. The molecule has 0 aromatic carbocycles. The quantitative estimate of drug-likeness (QED) is 0.0442. The summed E-state index contributed by atoms with van der Waals surface area (Å²) in [4.78, 5) is 0. The zero-order valence-electron chi connectivity index (χ0n) is 31.7. The van der Waals surface area contributed by atoms with E-state index in [1.165, 1.54) is 96.3 Å². The first-order chi connectivity index (χ1) is 23.5. The molecule has 0 saturated heterocycles. The summed E-state index contributed by atoms with van der Waals surface area (Å²) in [6.45, 7) is 6.57. The molecule has 0 aliphatic heterocycles. The lowest BCUT2D eigenvalue weighted by Crippen LogP contribution is -2.17. The van der Waals surface area contributed by atoms with Gasteiger partial charge in [0, 0.05) is 0 Å². The van der Waals surface area contributed by atoms with E-state index >= 15 is 0 Å². The van der Waals surface area contributed by atoms with Crippen LogP contribution in [-0.2, 0) is 42.3 Å². The molecule has 13 heteroatoms. The van der Waals surface area contributed by atoms with E-state index in [1.807, 2.05) is 0 Å². The zero-order valence-corrected chi connectivity index (χ0v) is 35.0. The van der Waals surface area contributed by atoms with Crippen LogP contribution in [0.15, 0.2) is 0 Å². The van der Waals surface area contributed by atoms with Crippen LogP contribution < -0.4 is 0 Å². The van der Waals surface area contributed by atoms with Crippen molar-refractivity contribution >= 4 is 39.0 Å².